The number of nitrogens with zero attached hydrogens (tertiary/aromatic N) is 9. The van der Waals surface area contributed by atoms with Gasteiger partial charge in [-0.15, -0.1) is 0 Å². The zero-order valence-corrected chi connectivity index (χ0v) is 25.5. The molecule has 1 aliphatic carbocycles. The normalized spacial score (nSPS) is 15.9. The first-order valence-electron chi connectivity index (χ1n) is 14.5. The lowest BCUT2D eigenvalue weighted by Crippen LogP contribution is -2.35. The quantitative estimate of drug-likeness (QED) is 0.286. The highest BCUT2D eigenvalue weighted by Crippen LogP contribution is 2.31. The van der Waals surface area contributed by atoms with Crippen molar-refractivity contribution in [1.29, 1.82) is 0 Å². The molecule has 0 radical (unpaired) electrons. The highest BCUT2D eigenvalue weighted by atomic mass is 32.2. The fraction of sp³-hybridized carbons (Fsp3) is 0.433. The number of aryl methyl sites for hydroxylation is 1. The van der Waals surface area contributed by atoms with Crippen molar-refractivity contribution in [3.63, 3.8) is 0 Å². The molecule has 0 aromatic carbocycles. The van der Waals surface area contributed by atoms with Gasteiger partial charge in [-0.3, -0.25) is 4.68 Å². The molecule has 224 valence electrons. The molecule has 0 unspecified atom stereocenters. The molecule has 4 aromatic rings. The average Bonchev–Trinajstić information content (AvgIpc) is 3.60. The molecule has 0 amide bonds. The molecule has 1 saturated carbocycles. The summed E-state index contributed by atoms with van der Waals surface area (Å²) in [5.74, 6) is 8.80. The summed E-state index contributed by atoms with van der Waals surface area (Å²) in [5.41, 5.74) is 3.26. The molecule has 0 spiro atoms. The molecule has 43 heavy (non-hydrogen) atoms. The van der Waals surface area contributed by atoms with E-state index < -0.39 is 10.0 Å². The van der Waals surface area contributed by atoms with Crippen LogP contribution in [0.5, 0.6) is 0 Å². The highest BCUT2D eigenvalue weighted by Gasteiger charge is 2.37. The Morgan fingerprint density at radius 1 is 1.00 bits per heavy atom. The van der Waals surface area contributed by atoms with Crippen LogP contribution in [0.3, 0.4) is 0 Å². The van der Waals surface area contributed by atoms with E-state index in [9.17, 15) is 8.42 Å². The molecule has 1 saturated heterocycles. The number of nitrogens with one attached hydrogen (secondary N) is 1. The van der Waals surface area contributed by atoms with E-state index >= 15 is 0 Å². The molecule has 13 heteroatoms. The van der Waals surface area contributed by atoms with Gasteiger partial charge in [-0.1, -0.05) is 11.8 Å². The van der Waals surface area contributed by atoms with Crippen LogP contribution in [0.15, 0.2) is 49.3 Å². The van der Waals surface area contributed by atoms with E-state index in [2.05, 4.69) is 66.2 Å². The van der Waals surface area contributed by atoms with Gasteiger partial charge >= 0.3 is 0 Å². The standard InChI is InChI=1S/C30H36N10O2S/c1-37(2)13-9-22-10-14-39(15-11-22)27-16-29(32-18-24(27)5-4-23-17-33-38(3)20-23)35-28-8-12-31-30(36-28)25-19-34-40(21-25)43(41,42)26-6-7-26/h8,12,16-22,26H,6-7,9-11,13-15H2,1-3H3,(H,31,32,35,36). The summed E-state index contributed by atoms with van der Waals surface area (Å²) in [5, 5.41) is 11.2. The molecule has 12 nitrogen and oxygen atoms in total. The van der Waals surface area contributed by atoms with Crippen LogP contribution in [-0.2, 0) is 17.1 Å². The Morgan fingerprint density at radius 3 is 2.53 bits per heavy atom. The Labute approximate surface area is 252 Å². The maximum atomic E-state index is 12.6. The van der Waals surface area contributed by atoms with Crippen molar-refractivity contribution in [1.82, 2.24) is 38.8 Å². The Bertz CT molecular complexity index is 1760. The van der Waals surface area contributed by atoms with Gasteiger partial charge in [0.2, 0.25) is 0 Å². The topological polar surface area (TPSA) is 127 Å². The summed E-state index contributed by atoms with van der Waals surface area (Å²) in [6.45, 7) is 3.01. The second-order valence-electron chi connectivity index (χ2n) is 11.5. The predicted octanol–water partition coefficient (Wildman–Crippen LogP) is 3.12. The number of hydrogen-bond acceptors (Lipinski definition) is 10. The SMILES string of the molecule is CN(C)CCC1CCN(c2cc(Nc3ccnc(-c4cnn(S(=O)(=O)C5CC5)c4)n3)ncc2C#Cc2cnn(C)c2)CC1. The third-order valence-corrected chi connectivity index (χ3v) is 9.84. The maximum absolute atomic E-state index is 12.6. The molecular formula is C30H36N10O2S. The maximum Gasteiger partial charge on any atom is 0.256 e. The van der Waals surface area contributed by atoms with Gasteiger partial charge < -0.3 is 15.1 Å². The second-order valence-corrected chi connectivity index (χ2v) is 13.6. The van der Waals surface area contributed by atoms with Crippen LogP contribution in [0.1, 0.15) is 43.2 Å². The fourth-order valence-corrected chi connectivity index (χ4v) is 6.65. The average molecular weight is 601 g/mol. The summed E-state index contributed by atoms with van der Waals surface area (Å²) in [6.07, 6.45) is 14.8. The molecule has 5 heterocycles. The minimum atomic E-state index is -3.46. The number of aromatic nitrogens is 7. The van der Waals surface area contributed by atoms with E-state index in [0.29, 0.717) is 41.8 Å². The van der Waals surface area contributed by atoms with Crippen molar-refractivity contribution in [2.75, 3.05) is 43.9 Å². The predicted molar refractivity (Wildman–Crippen MR) is 165 cm³/mol. The first kappa shape index (κ1) is 28.8. The fourth-order valence-electron chi connectivity index (χ4n) is 5.18. The molecule has 2 aliphatic rings. The number of piperidine rings is 1. The van der Waals surface area contributed by atoms with Crippen molar-refractivity contribution in [3.8, 4) is 23.2 Å². The summed E-state index contributed by atoms with van der Waals surface area (Å²) >= 11 is 0. The molecule has 0 atom stereocenters. The number of pyridine rings is 1. The van der Waals surface area contributed by atoms with Crippen molar-refractivity contribution in [3.05, 3.63) is 60.4 Å². The summed E-state index contributed by atoms with van der Waals surface area (Å²) in [6, 6.07) is 3.78. The third kappa shape index (κ3) is 6.87. The molecule has 0 bridgehead atoms. The van der Waals surface area contributed by atoms with Crippen molar-refractivity contribution in [2.45, 2.75) is 37.4 Å². The first-order chi connectivity index (χ1) is 20.7. The van der Waals surface area contributed by atoms with E-state index in [1.54, 1.807) is 29.3 Å². The third-order valence-electron chi connectivity index (χ3n) is 7.80. The lowest BCUT2D eigenvalue weighted by molar-refractivity contribution is 0.313. The number of anilines is 3. The summed E-state index contributed by atoms with van der Waals surface area (Å²) < 4.78 is 27.9. The van der Waals surface area contributed by atoms with Crippen LogP contribution in [0, 0.1) is 17.8 Å². The van der Waals surface area contributed by atoms with Crippen LogP contribution in [0.25, 0.3) is 11.4 Å². The van der Waals surface area contributed by atoms with Gasteiger partial charge in [-0.25, -0.2) is 23.4 Å². The van der Waals surface area contributed by atoms with Gasteiger partial charge in [-0.05, 0) is 64.7 Å². The van der Waals surface area contributed by atoms with Gasteiger partial charge in [0.15, 0.2) is 5.82 Å². The van der Waals surface area contributed by atoms with Crippen LogP contribution in [0.4, 0.5) is 17.3 Å². The first-order valence-corrected chi connectivity index (χ1v) is 16.0. The van der Waals surface area contributed by atoms with Crippen LogP contribution < -0.4 is 10.2 Å². The van der Waals surface area contributed by atoms with Gasteiger partial charge in [0, 0.05) is 44.8 Å². The van der Waals surface area contributed by atoms with Crippen molar-refractivity contribution in [2.24, 2.45) is 13.0 Å². The molecule has 1 N–H and O–H groups in total. The Morgan fingerprint density at radius 2 is 1.81 bits per heavy atom. The van der Waals surface area contributed by atoms with E-state index in [1.807, 2.05) is 19.3 Å². The van der Waals surface area contributed by atoms with Gasteiger partial charge in [-0.2, -0.15) is 14.3 Å². The van der Waals surface area contributed by atoms with Crippen molar-refractivity contribution >= 4 is 27.3 Å². The van der Waals surface area contributed by atoms with E-state index in [4.69, 9.17) is 0 Å². The lowest BCUT2D eigenvalue weighted by atomic mass is 9.93. The number of rotatable bonds is 9. The summed E-state index contributed by atoms with van der Waals surface area (Å²) in [4.78, 5) is 18.3. The smallest absolute Gasteiger partial charge is 0.256 e. The zero-order chi connectivity index (χ0) is 30.0. The molecule has 6 rings (SSSR count). The van der Waals surface area contributed by atoms with E-state index in [1.165, 1.54) is 18.8 Å². The van der Waals surface area contributed by atoms with Gasteiger partial charge in [0.05, 0.1) is 46.2 Å². The Balaban J connectivity index is 1.23. The Kier molecular flexibility index (Phi) is 8.14. The van der Waals surface area contributed by atoms with E-state index in [-0.39, 0.29) is 5.25 Å². The Hall–Kier alpha value is -4.28. The van der Waals surface area contributed by atoms with Gasteiger partial charge in [0.1, 0.15) is 11.6 Å². The molecule has 4 aromatic heterocycles. The van der Waals surface area contributed by atoms with Crippen molar-refractivity contribution < 1.29 is 8.42 Å². The van der Waals surface area contributed by atoms with Crippen LogP contribution in [-0.4, -0.2) is 86.2 Å². The minimum absolute atomic E-state index is 0.352. The van der Waals surface area contributed by atoms with Gasteiger partial charge in [0.25, 0.3) is 10.0 Å². The lowest BCUT2D eigenvalue weighted by Gasteiger charge is -2.34. The summed E-state index contributed by atoms with van der Waals surface area (Å²) in [7, 11) is 2.67. The minimum Gasteiger partial charge on any atom is -0.370 e. The highest BCUT2D eigenvalue weighted by molar-refractivity contribution is 7.90. The molecular weight excluding hydrogens is 564 g/mol. The van der Waals surface area contributed by atoms with E-state index in [0.717, 1.165) is 53.4 Å². The monoisotopic (exact) mass is 600 g/mol. The molecule has 1 aliphatic heterocycles. The van der Waals surface area contributed by atoms with Crippen LogP contribution in [0.2, 0.25) is 0 Å². The largest absolute Gasteiger partial charge is 0.370 e. The zero-order valence-electron chi connectivity index (χ0n) is 24.7. The van der Waals surface area contributed by atoms with Crippen LogP contribution >= 0.6 is 0 Å². The number of hydrogen-bond donors (Lipinski definition) is 1. The molecule has 2 fully saturated rings. The second kappa shape index (κ2) is 12.1.